The summed E-state index contributed by atoms with van der Waals surface area (Å²) in [6.45, 7) is 5.46. The minimum absolute atomic E-state index is 0.0991. The Morgan fingerprint density at radius 3 is 2.50 bits per heavy atom. The van der Waals surface area contributed by atoms with Gasteiger partial charge in [-0.25, -0.2) is 8.42 Å². The highest BCUT2D eigenvalue weighted by Gasteiger charge is 2.29. The summed E-state index contributed by atoms with van der Waals surface area (Å²) < 4.78 is 29.6. The van der Waals surface area contributed by atoms with Crippen LogP contribution in [0, 0.1) is 6.92 Å². The molecule has 1 heterocycles. The van der Waals surface area contributed by atoms with Gasteiger partial charge in [-0.2, -0.15) is 0 Å². The van der Waals surface area contributed by atoms with Gasteiger partial charge in [0.2, 0.25) is 5.91 Å². The Balaban J connectivity index is 1.93. The molecule has 0 saturated heterocycles. The van der Waals surface area contributed by atoms with Crippen molar-refractivity contribution in [2.24, 2.45) is 0 Å². The van der Waals surface area contributed by atoms with E-state index in [0.717, 1.165) is 5.56 Å². The number of sulfone groups is 1. The maximum absolute atomic E-state index is 12.3. The summed E-state index contributed by atoms with van der Waals surface area (Å²) in [5.41, 5.74) is 1.69. The van der Waals surface area contributed by atoms with Crippen LogP contribution in [0.15, 0.2) is 40.9 Å². The summed E-state index contributed by atoms with van der Waals surface area (Å²) in [6.07, 6.45) is 0. The molecule has 0 aliphatic carbocycles. The molecule has 0 aliphatic rings. The fourth-order valence-corrected chi connectivity index (χ4v) is 3.46. The van der Waals surface area contributed by atoms with E-state index in [4.69, 9.17) is 4.52 Å². The molecule has 6 nitrogen and oxygen atoms in total. The molecule has 0 saturated carbocycles. The molecular formula is C17H22N2O4S. The normalized spacial score (nSPS) is 14.1. The molecule has 1 N–H and O–H groups in total. The summed E-state index contributed by atoms with van der Waals surface area (Å²) in [5, 5.41) is 5.22. The lowest BCUT2D eigenvalue weighted by Gasteiger charge is -2.16. The van der Waals surface area contributed by atoms with Gasteiger partial charge in [-0.1, -0.05) is 42.4 Å². The number of amides is 1. The molecule has 7 heteroatoms. The predicted molar refractivity (Wildman–Crippen MR) is 91.2 cm³/mol. The Hall–Kier alpha value is -2.15. The van der Waals surface area contributed by atoms with Crippen LogP contribution in [-0.4, -0.2) is 31.3 Å². The van der Waals surface area contributed by atoms with E-state index in [0.29, 0.717) is 12.2 Å². The predicted octanol–water partition coefficient (Wildman–Crippen LogP) is 2.21. The molecule has 0 aliphatic heterocycles. The van der Waals surface area contributed by atoms with Gasteiger partial charge in [0, 0.05) is 12.6 Å². The second kappa shape index (κ2) is 7.61. The SMILES string of the molecule is Cc1cc(CS(=O)(=O)[C@@H](C)C(=O)NC[C@H](C)c2ccccc2)on1. The lowest BCUT2D eigenvalue weighted by molar-refractivity contribution is -0.120. The standard InChI is InChI=1S/C17H22N2O4S/c1-12(15-7-5-4-6-8-15)10-18-17(20)14(3)24(21,22)11-16-9-13(2)19-23-16/h4-9,12,14H,10-11H2,1-3H3,(H,18,20)/t12-,14-/m0/s1. The van der Waals surface area contributed by atoms with Gasteiger partial charge < -0.3 is 9.84 Å². The summed E-state index contributed by atoms with van der Waals surface area (Å²) in [4.78, 5) is 12.2. The van der Waals surface area contributed by atoms with Crippen molar-refractivity contribution in [3.8, 4) is 0 Å². The van der Waals surface area contributed by atoms with Gasteiger partial charge in [-0.3, -0.25) is 4.79 Å². The average Bonchev–Trinajstić information content (AvgIpc) is 2.96. The Morgan fingerprint density at radius 2 is 1.92 bits per heavy atom. The minimum Gasteiger partial charge on any atom is -0.360 e. The first-order chi connectivity index (χ1) is 11.3. The second-order valence-electron chi connectivity index (χ2n) is 5.94. The highest BCUT2D eigenvalue weighted by atomic mass is 32.2. The van der Waals surface area contributed by atoms with E-state index in [1.54, 1.807) is 13.0 Å². The molecule has 2 aromatic rings. The van der Waals surface area contributed by atoms with Crippen molar-refractivity contribution < 1.29 is 17.7 Å². The topological polar surface area (TPSA) is 89.3 Å². The Labute approximate surface area is 142 Å². The van der Waals surface area contributed by atoms with Crippen LogP contribution in [0.25, 0.3) is 0 Å². The van der Waals surface area contributed by atoms with E-state index in [-0.39, 0.29) is 17.4 Å². The molecule has 0 radical (unpaired) electrons. The van der Waals surface area contributed by atoms with Crippen LogP contribution in [0.1, 0.15) is 36.8 Å². The van der Waals surface area contributed by atoms with E-state index >= 15 is 0 Å². The smallest absolute Gasteiger partial charge is 0.238 e. The first kappa shape index (κ1) is 18.2. The minimum atomic E-state index is -3.66. The lowest BCUT2D eigenvalue weighted by atomic mass is 10.0. The first-order valence-corrected chi connectivity index (χ1v) is 9.47. The van der Waals surface area contributed by atoms with Crippen LogP contribution in [0.3, 0.4) is 0 Å². The van der Waals surface area contributed by atoms with Crippen molar-refractivity contribution in [3.05, 3.63) is 53.4 Å². The third kappa shape index (κ3) is 4.67. The first-order valence-electron chi connectivity index (χ1n) is 7.76. The van der Waals surface area contributed by atoms with Crippen molar-refractivity contribution >= 4 is 15.7 Å². The van der Waals surface area contributed by atoms with Crippen LogP contribution < -0.4 is 5.32 Å². The summed E-state index contributed by atoms with van der Waals surface area (Å²) in [5.74, 6) is -0.503. The number of aryl methyl sites for hydroxylation is 1. The molecule has 130 valence electrons. The largest absolute Gasteiger partial charge is 0.360 e. The second-order valence-corrected chi connectivity index (χ2v) is 8.26. The average molecular weight is 350 g/mol. The number of nitrogens with zero attached hydrogens (tertiary/aromatic N) is 1. The number of carbonyl (C=O) groups excluding carboxylic acids is 1. The van der Waals surface area contributed by atoms with Crippen molar-refractivity contribution in [1.82, 2.24) is 10.5 Å². The molecule has 2 atom stereocenters. The third-order valence-electron chi connectivity index (χ3n) is 3.88. The number of nitrogens with one attached hydrogen (secondary N) is 1. The van der Waals surface area contributed by atoms with Gasteiger partial charge in [0.25, 0.3) is 0 Å². The van der Waals surface area contributed by atoms with Crippen molar-refractivity contribution in [2.75, 3.05) is 6.54 Å². The quantitative estimate of drug-likeness (QED) is 0.827. The summed E-state index contributed by atoms with van der Waals surface area (Å²) in [7, 11) is -3.66. The van der Waals surface area contributed by atoms with Crippen LogP contribution in [0.5, 0.6) is 0 Å². The van der Waals surface area contributed by atoms with E-state index < -0.39 is 21.0 Å². The maximum atomic E-state index is 12.3. The van der Waals surface area contributed by atoms with E-state index in [2.05, 4.69) is 10.5 Å². The number of carbonyl (C=O) groups is 1. The number of hydrogen-bond donors (Lipinski definition) is 1. The number of aromatic nitrogens is 1. The number of rotatable bonds is 7. The fourth-order valence-electron chi connectivity index (χ4n) is 2.27. The van der Waals surface area contributed by atoms with Crippen LogP contribution in [-0.2, 0) is 20.4 Å². The number of benzene rings is 1. The molecule has 0 spiro atoms. The van der Waals surface area contributed by atoms with Crippen molar-refractivity contribution in [3.63, 3.8) is 0 Å². The lowest BCUT2D eigenvalue weighted by Crippen LogP contribution is -2.39. The fraction of sp³-hybridized carbons (Fsp3) is 0.412. The van der Waals surface area contributed by atoms with Crippen LogP contribution >= 0.6 is 0 Å². The molecule has 24 heavy (non-hydrogen) atoms. The van der Waals surface area contributed by atoms with Gasteiger partial charge in [0.1, 0.15) is 11.0 Å². The zero-order chi connectivity index (χ0) is 17.7. The van der Waals surface area contributed by atoms with Gasteiger partial charge in [-0.05, 0) is 25.3 Å². The van der Waals surface area contributed by atoms with Gasteiger partial charge >= 0.3 is 0 Å². The number of hydrogen-bond acceptors (Lipinski definition) is 5. The molecule has 1 aromatic heterocycles. The zero-order valence-electron chi connectivity index (χ0n) is 14.0. The molecule has 1 amide bonds. The Kier molecular flexibility index (Phi) is 5.77. The molecule has 0 unspecified atom stereocenters. The van der Waals surface area contributed by atoms with Crippen LogP contribution in [0.2, 0.25) is 0 Å². The van der Waals surface area contributed by atoms with Gasteiger partial charge in [-0.15, -0.1) is 0 Å². The zero-order valence-corrected chi connectivity index (χ0v) is 14.8. The van der Waals surface area contributed by atoms with E-state index in [1.165, 1.54) is 6.92 Å². The monoisotopic (exact) mass is 350 g/mol. The molecule has 0 fully saturated rings. The van der Waals surface area contributed by atoms with E-state index in [9.17, 15) is 13.2 Å². The Bertz CT molecular complexity index is 784. The maximum Gasteiger partial charge on any atom is 0.238 e. The van der Waals surface area contributed by atoms with Gasteiger partial charge in [0.05, 0.1) is 5.69 Å². The molecule has 0 bridgehead atoms. The molecule has 1 aromatic carbocycles. The van der Waals surface area contributed by atoms with E-state index in [1.807, 2.05) is 37.3 Å². The Morgan fingerprint density at radius 1 is 1.25 bits per heavy atom. The third-order valence-corrected chi connectivity index (χ3v) is 5.86. The van der Waals surface area contributed by atoms with Crippen LogP contribution in [0.4, 0.5) is 0 Å². The molecular weight excluding hydrogens is 328 g/mol. The van der Waals surface area contributed by atoms with Crippen molar-refractivity contribution in [1.29, 1.82) is 0 Å². The summed E-state index contributed by atoms with van der Waals surface area (Å²) >= 11 is 0. The van der Waals surface area contributed by atoms with Crippen molar-refractivity contribution in [2.45, 2.75) is 37.7 Å². The highest BCUT2D eigenvalue weighted by molar-refractivity contribution is 7.92. The molecule has 2 rings (SSSR count). The van der Waals surface area contributed by atoms with Gasteiger partial charge in [0.15, 0.2) is 15.6 Å². The summed E-state index contributed by atoms with van der Waals surface area (Å²) in [6, 6.07) is 11.3. The highest BCUT2D eigenvalue weighted by Crippen LogP contribution is 2.15.